The monoisotopic (exact) mass is 320 g/mol. The number of amides is 1. The molecular weight excluding hydrogens is 295 g/mol. The van der Waals surface area contributed by atoms with Crippen LogP contribution in [0.5, 0.6) is 0 Å². The van der Waals surface area contributed by atoms with E-state index in [1.54, 1.807) is 12.1 Å². The molecule has 126 valence electrons. The number of rotatable bonds is 3. The van der Waals surface area contributed by atoms with Gasteiger partial charge in [-0.05, 0) is 51.1 Å². The van der Waals surface area contributed by atoms with E-state index in [9.17, 15) is 9.18 Å². The molecule has 0 aliphatic carbocycles. The number of likely N-dealkylation sites (tertiary alicyclic amines) is 1. The Hall–Kier alpha value is -1.46. The third kappa shape index (κ3) is 3.72. The number of carbonyl (C=O) groups excluding carboxylic acids is 1. The second-order valence-electron chi connectivity index (χ2n) is 7.00. The van der Waals surface area contributed by atoms with Crippen LogP contribution in [0.25, 0.3) is 0 Å². The van der Waals surface area contributed by atoms with Crippen molar-refractivity contribution in [3.8, 4) is 0 Å². The van der Waals surface area contributed by atoms with Crippen LogP contribution in [0, 0.1) is 5.82 Å². The van der Waals surface area contributed by atoms with Gasteiger partial charge in [0.25, 0.3) is 0 Å². The standard InChI is InChI=1S/C18H25FN2O2/c1-20(2)16-12-18(23-13-16)6-8-21(9-7-18)17(22)11-14-4-3-5-15(19)10-14/h3-5,10,16H,6-9,11-13H2,1-2H3/t16-/m0/s1. The maximum atomic E-state index is 13.2. The SMILES string of the molecule is CN(C)[C@@H]1COC2(CCN(C(=O)Cc3cccc(F)c3)CC2)C1. The molecular formula is C18H25FN2O2. The average molecular weight is 320 g/mol. The van der Waals surface area contributed by atoms with Crippen molar-refractivity contribution in [1.82, 2.24) is 9.80 Å². The molecule has 1 atom stereocenters. The topological polar surface area (TPSA) is 32.8 Å². The third-order valence-electron chi connectivity index (χ3n) is 5.19. The predicted molar refractivity (Wildman–Crippen MR) is 86.7 cm³/mol. The van der Waals surface area contributed by atoms with E-state index in [0.29, 0.717) is 6.04 Å². The summed E-state index contributed by atoms with van der Waals surface area (Å²) in [6.45, 7) is 2.24. The number of nitrogens with zero attached hydrogens (tertiary/aromatic N) is 2. The van der Waals surface area contributed by atoms with E-state index in [-0.39, 0.29) is 23.7 Å². The molecule has 1 spiro atoms. The van der Waals surface area contributed by atoms with Crippen molar-refractivity contribution < 1.29 is 13.9 Å². The summed E-state index contributed by atoms with van der Waals surface area (Å²) >= 11 is 0. The van der Waals surface area contributed by atoms with Gasteiger partial charge < -0.3 is 14.5 Å². The molecule has 23 heavy (non-hydrogen) atoms. The number of benzene rings is 1. The van der Waals surface area contributed by atoms with Crippen LogP contribution in [-0.4, -0.2) is 61.1 Å². The van der Waals surface area contributed by atoms with Crippen molar-refractivity contribution in [2.24, 2.45) is 0 Å². The van der Waals surface area contributed by atoms with Crippen LogP contribution in [0.4, 0.5) is 4.39 Å². The van der Waals surface area contributed by atoms with Crippen LogP contribution in [0.15, 0.2) is 24.3 Å². The van der Waals surface area contributed by atoms with Crippen LogP contribution in [-0.2, 0) is 16.0 Å². The highest BCUT2D eigenvalue weighted by molar-refractivity contribution is 5.78. The summed E-state index contributed by atoms with van der Waals surface area (Å²) in [4.78, 5) is 16.5. The van der Waals surface area contributed by atoms with Crippen LogP contribution < -0.4 is 0 Å². The molecule has 1 aromatic carbocycles. The van der Waals surface area contributed by atoms with Gasteiger partial charge in [-0.15, -0.1) is 0 Å². The van der Waals surface area contributed by atoms with Crippen molar-refractivity contribution in [3.63, 3.8) is 0 Å². The molecule has 2 saturated heterocycles. The highest BCUT2D eigenvalue weighted by Gasteiger charge is 2.43. The number of hydrogen-bond acceptors (Lipinski definition) is 3. The molecule has 5 heteroatoms. The molecule has 4 nitrogen and oxygen atoms in total. The van der Waals surface area contributed by atoms with Crippen LogP contribution in [0.2, 0.25) is 0 Å². The number of carbonyl (C=O) groups is 1. The van der Waals surface area contributed by atoms with Crippen molar-refractivity contribution >= 4 is 5.91 Å². The molecule has 0 aromatic heterocycles. The van der Waals surface area contributed by atoms with Gasteiger partial charge in [-0.1, -0.05) is 12.1 Å². The molecule has 0 N–H and O–H groups in total. The Balaban J connectivity index is 1.54. The molecule has 0 radical (unpaired) electrons. The Kier molecular flexibility index (Phi) is 4.69. The molecule has 0 saturated carbocycles. The summed E-state index contributed by atoms with van der Waals surface area (Å²) in [5, 5.41) is 0. The summed E-state index contributed by atoms with van der Waals surface area (Å²) in [5.41, 5.74) is 0.685. The lowest BCUT2D eigenvalue weighted by molar-refractivity contribution is -0.135. The molecule has 1 aromatic rings. The lowest BCUT2D eigenvalue weighted by atomic mass is 9.87. The number of ether oxygens (including phenoxy) is 1. The minimum absolute atomic E-state index is 0.0510. The fourth-order valence-electron chi connectivity index (χ4n) is 3.60. The summed E-state index contributed by atoms with van der Waals surface area (Å²) < 4.78 is 19.3. The zero-order valence-corrected chi connectivity index (χ0v) is 13.9. The molecule has 2 fully saturated rings. The molecule has 2 aliphatic rings. The van der Waals surface area contributed by atoms with Crippen LogP contribution in [0.1, 0.15) is 24.8 Å². The van der Waals surface area contributed by atoms with Gasteiger partial charge >= 0.3 is 0 Å². The largest absolute Gasteiger partial charge is 0.373 e. The minimum atomic E-state index is -0.290. The number of piperidine rings is 1. The van der Waals surface area contributed by atoms with Gasteiger partial charge in [0.05, 0.1) is 18.6 Å². The maximum absolute atomic E-state index is 13.2. The summed E-state index contributed by atoms with van der Waals surface area (Å²) in [6.07, 6.45) is 3.11. The smallest absolute Gasteiger partial charge is 0.226 e. The molecule has 3 rings (SSSR count). The van der Waals surface area contributed by atoms with Crippen LogP contribution in [0.3, 0.4) is 0 Å². The van der Waals surface area contributed by atoms with Crippen molar-refractivity contribution in [1.29, 1.82) is 0 Å². The highest BCUT2D eigenvalue weighted by atomic mass is 19.1. The van der Waals surface area contributed by atoms with Gasteiger partial charge in [-0.3, -0.25) is 4.79 Å². The first-order chi connectivity index (χ1) is 11.0. The second-order valence-corrected chi connectivity index (χ2v) is 7.00. The molecule has 0 unspecified atom stereocenters. The van der Waals surface area contributed by atoms with Gasteiger partial charge in [-0.2, -0.15) is 0 Å². The van der Waals surface area contributed by atoms with Crippen molar-refractivity contribution in [3.05, 3.63) is 35.6 Å². The first-order valence-electron chi connectivity index (χ1n) is 8.30. The fraction of sp³-hybridized carbons (Fsp3) is 0.611. The Bertz CT molecular complexity index is 568. The highest BCUT2D eigenvalue weighted by Crippen LogP contribution is 2.37. The third-order valence-corrected chi connectivity index (χ3v) is 5.19. The zero-order valence-electron chi connectivity index (χ0n) is 13.9. The Labute approximate surface area is 137 Å². The van der Waals surface area contributed by atoms with Crippen molar-refractivity contribution in [2.45, 2.75) is 37.3 Å². The van der Waals surface area contributed by atoms with E-state index in [1.807, 2.05) is 4.90 Å². The minimum Gasteiger partial charge on any atom is -0.373 e. The van der Waals surface area contributed by atoms with Gasteiger partial charge in [0.2, 0.25) is 5.91 Å². The zero-order chi connectivity index (χ0) is 16.4. The number of halogens is 1. The quantitative estimate of drug-likeness (QED) is 0.855. The van der Waals surface area contributed by atoms with E-state index in [0.717, 1.165) is 44.5 Å². The predicted octanol–water partition coefficient (Wildman–Crippen LogP) is 2.08. The van der Waals surface area contributed by atoms with Gasteiger partial charge in [0, 0.05) is 19.1 Å². The normalized spacial score (nSPS) is 23.7. The molecule has 2 aliphatic heterocycles. The van der Waals surface area contributed by atoms with Crippen molar-refractivity contribution in [2.75, 3.05) is 33.8 Å². The Morgan fingerprint density at radius 1 is 1.39 bits per heavy atom. The number of likely N-dealkylation sites (N-methyl/N-ethyl adjacent to an activating group) is 1. The first kappa shape index (κ1) is 16.4. The number of hydrogen-bond donors (Lipinski definition) is 0. The summed E-state index contributed by atoms with van der Waals surface area (Å²) in [5.74, 6) is -0.213. The second kappa shape index (κ2) is 6.57. The van der Waals surface area contributed by atoms with E-state index in [1.165, 1.54) is 12.1 Å². The Morgan fingerprint density at radius 2 is 2.13 bits per heavy atom. The van der Waals surface area contributed by atoms with Gasteiger partial charge in [0.1, 0.15) is 5.82 Å². The lowest BCUT2D eigenvalue weighted by Crippen LogP contribution is -2.47. The lowest BCUT2D eigenvalue weighted by Gasteiger charge is -2.39. The van der Waals surface area contributed by atoms with Gasteiger partial charge in [0.15, 0.2) is 0 Å². The maximum Gasteiger partial charge on any atom is 0.226 e. The first-order valence-corrected chi connectivity index (χ1v) is 8.30. The molecule has 0 bridgehead atoms. The molecule has 1 amide bonds. The average Bonchev–Trinajstić information content (AvgIpc) is 2.92. The van der Waals surface area contributed by atoms with Crippen LogP contribution >= 0.6 is 0 Å². The van der Waals surface area contributed by atoms with E-state index in [4.69, 9.17) is 4.74 Å². The fourth-order valence-corrected chi connectivity index (χ4v) is 3.60. The Morgan fingerprint density at radius 3 is 2.74 bits per heavy atom. The van der Waals surface area contributed by atoms with Gasteiger partial charge in [-0.25, -0.2) is 4.39 Å². The van der Waals surface area contributed by atoms with E-state index in [2.05, 4.69) is 19.0 Å². The summed E-state index contributed by atoms with van der Waals surface area (Å²) in [7, 11) is 4.18. The van der Waals surface area contributed by atoms with E-state index >= 15 is 0 Å². The molecule has 2 heterocycles. The summed E-state index contributed by atoms with van der Waals surface area (Å²) in [6, 6.07) is 6.76. The van der Waals surface area contributed by atoms with E-state index < -0.39 is 0 Å².